The van der Waals surface area contributed by atoms with Gasteiger partial charge in [-0.15, -0.1) is 0 Å². The van der Waals surface area contributed by atoms with Crippen molar-refractivity contribution in [1.29, 1.82) is 0 Å². The maximum absolute atomic E-state index is 13.1. The lowest BCUT2D eigenvalue weighted by Crippen LogP contribution is -2.60. The lowest BCUT2D eigenvalue weighted by atomic mass is 9.99. The summed E-state index contributed by atoms with van der Waals surface area (Å²) in [6.07, 6.45) is -5.59. The highest BCUT2D eigenvalue weighted by atomic mass is 16.7. The molecule has 4 rings (SSSR count). The molecule has 10 nitrogen and oxygen atoms in total. The number of rotatable bonds is 6. The van der Waals surface area contributed by atoms with Gasteiger partial charge in [0.15, 0.2) is 0 Å². The van der Waals surface area contributed by atoms with E-state index in [1.54, 1.807) is 36.4 Å². The minimum Gasteiger partial charge on any atom is -0.496 e. The second-order valence-corrected chi connectivity index (χ2v) is 7.52. The molecule has 2 aromatic carbocycles. The van der Waals surface area contributed by atoms with Crippen LogP contribution in [0.15, 0.2) is 51.9 Å². The van der Waals surface area contributed by atoms with Crippen molar-refractivity contribution in [2.75, 3.05) is 20.8 Å². The topological polar surface area (TPSA) is 148 Å². The second kappa shape index (κ2) is 9.38. The van der Waals surface area contributed by atoms with Gasteiger partial charge >= 0.3 is 0 Å². The van der Waals surface area contributed by atoms with Gasteiger partial charge in [0, 0.05) is 12.1 Å². The second-order valence-electron chi connectivity index (χ2n) is 7.52. The van der Waals surface area contributed by atoms with Gasteiger partial charge in [-0.1, -0.05) is 12.1 Å². The summed E-state index contributed by atoms with van der Waals surface area (Å²) in [7, 11) is 2.95. The molecule has 10 heteroatoms. The summed E-state index contributed by atoms with van der Waals surface area (Å²) in [5.74, 6) is 1.09. The Kier molecular flexibility index (Phi) is 6.54. The molecule has 0 aliphatic carbocycles. The van der Waals surface area contributed by atoms with Crippen molar-refractivity contribution in [3.05, 3.63) is 52.9 Å². The van der Waals surface area contributed by atoms with E-state index in [4.69, 9.17) is 23.4 Å². The van der Waals surface area contributed by atoms with E-state index in [1.807, 2.05) is 0 Å². The molecule has 176 valence electrons. The summed E-state index contributed by atoms with van der Waals surface area (Å²) in [5.41, 5.74) is 0.871. The van der Waals surface area contributed by atoms with E-state index in [0.717, 1.165) is 0 Å². The summed E-state index contributed by atoms with van der Waals surface area (Å²) in [4.78, 5) is 13.1. The highest BCUT2D eigenvalue weighted by Gasteiger charge is 2.44. The van der Waals surface area contributed by atoms with Crippen LogP contribution in [0.2, 0.25) is 0 Å². The van der Waals surface area contributed by atoms with Gasteiger partial charge in [0.25, 0.3) is 0 Å². The highest BCUT2D eigenvalue weighted by molar-refractivity contribution is 5.88. The Hall–Kier alpha value is -3.15. The number of hydrogen-bond acceptors (Lipinski definition) is 10. The molecule has 1 saturated heterocycles. The van der Waals surface area contributed by atoms with E-state index >= 15 is 0 Å². The fourth-order valence-electron chi connectivity index (χ4n) is 3.68. The van der Waals surface area contributed by atoms with Crippen LogP contribution in [0.25, 0.3) is 22.1 Å². The molecule has 1 aliphatic heterocycles. The van der Waals surface area contributed by atoms with Gasteiger partial charge in [-0.05, 0) is 17.7 Å². The van der Waals surface area contributed by atoms with Crippen LogP contribution >= 0.6 is 0 Å². The zero-order chi connectivity index (χ0) is 23.7. The number of hydrogen-bond donors (Lipinski definition) is 4. The normalized spacial score (nSPS) is 25.1. The Balaban J connectivity index is 1.61. The van der Waals surface area contributed by atoms with E-state index in [-0.39, 0.29) is 16.6 Å². The van der Waals surface area contributed by atoms with Crippen LogP contribution in [0, 0.1) is 0 Å². The first kappa shape index (κ1) is 23.0. The molecule has 1 fully saturated rings. The fraction of sp³-hybridized carbons (Fsp3) is 0.348. The van der Waals surface area contributed by atoms with E-state index in [1.165, 1.54) is 20.5 Å². The molecule has 0 radical (unpaired) electrons. The third kappa shape index (κ3) is 4.26. The Morgan fingerprint density at radius 2 is 1.67 bits per heavy atom. The third-order valence-electron chi connectivity index (χ3n) is 5.54. The predicted octanol–water partition coefficient (Wildman–Crippen LogP) is 0.656. The highest BCUT2D eigenvalue weighted by Crippen LogP contribution is 2.32. The van der Waals surface area contributed by atoms with Crippen molar-refractivity contribution in [2.45, 2.75) is 30.7 Å². The number of benzene rings is 2. The van der Waals surface area contributed by atoms with Gasteiger partial charge in [0.2, 0.25) is 11.7 Å². The SMILES string of the molecule is COc1cc(OC)c2c(=O)c(-c3ccc(O[C@H]4O[C@@H](CO)[C@@H](O)[C@@H](O)[C@@H]4O)cc3)coc2c1. The molecule has 2 heterocycles. The molecule has 0 bridgehead atoms. The average molecular weight is 460 g/mol. The summed E-state index contributed by atoms with van der Waals surface area (Å²) in [5, 5.41) is 39.5. The zero-order valence-electron chi connectivity index (χ0n) is 17.9. The van der Waals surface area contributed by atoms with Gasteiger partial charge in [-0.2, -0.15) is 0 Å². The molecule has 1 aromatic heterocycles. The van der Waals surface area contributed by atoms with Crippen LogP contribution < -0.4 is 19.6 Å². The van der Waals surface area contributed by atoms with E-state index < -0.39 is 37.3 Å². The Labute approximate surface area is 188 Å². The van der Waals surface area contributed by atoms with Crippen LogP contribution in [-0.4, -0.2) is 72.0 Å². The average Bonchev–Trinajstić information content (AvgIpc) is 2.84. The Morgan fingerprint density at radius 1 is 0.939 bits per heavy atom. The predicted molar refractivity (Wildman–Crippen MR) is 115 cm³/mol. The minimum atomic E-state index is -1.55. The Bertz CT molecular complexity index is 1170. The first-order valence-corrected chi connectivity index (χ1v) is 10.1. The van der Waals surface area contributed by atoms with Gasteiger partial charge < -0.3 is 43.8 Å². The molecule has 0 saturated carbocycles. The number of aliphatic hydroxyl groups is 4. The van der Waals surface area contributed by atoms with Gasteiger partial charge in [0.1, 0.15) is 58.9 Å². The standard InChI is InChI=1S/C23H24O10/c1-29-13-7-15(30-2)18-16(8-13)31-10-14(19(18)25)11-3-5-12(6-4-11)32-23-22(28)21(27)20(26)17(9-24)33-23/h3-8,10,17,20-24,26-28H,9H2,1-2H3/t17-,20+,21+,22-,23-/m0/s1. The molecular weight excluding hydrogens is 436 g/mol. The summed E-state index contributed by atoms with van der Waals surface area (Å²) < 4.78 is 27.1. The third-order valence-corrected chi connectivity index (χ3v) is 5.54. The smallest absolute Gasteiger partial charge is 0.229 e. The summed E-state index contributed by atoms with van der Waals surface area (Å²) in [6.45, 7) is -0.559. The largest absolute Gasteiger partial charge is 0.496 e. The van der Waals surface area contributed by atoms with E-state index in [2.05, 4.69) is 0 Å². The number of methoxy groups -OCH3 is 2. The van der Waals surface area contributed by atoms with Crippen molar-refractivity contribution in [1.82, 2.24) is 0 Å². The number of aliphatic hydroxyl groups excluding tert-OH is 4. The van der Waals surface area contributed by atoms with Crippen LogP contribution in [0.3, 0.4) is 0 Å². The molecule has 3 aromatic rings. The molecule has 33 heavy (non-hydrogen) atoms. The van der Waals surface area contributed by atoms with E-state index in [0.29, 0.717) is 28.2 Å². The van der Waals surface area contributed by atoms with Gasteiger partial charge in [-0.25, -0.2) is 0 Å². The van der Waals surface area contributed by atoms with Crippen molar-refractivity contribution < 1.29 is 43.8 Å². The van der Waals surface area contributed by atoms with E-state index in [9.17, 15) is 25.2 Å². The maximum atomic E-state index is 13.1. The Morgan fingerprint density at radius 3 is 2.30 bits per heavy atom. The van der Waals surface area contributed by atoms with Crippen molar-refractivity contribution >= 4 is 11.0 Å². The molecule has 1 aliphatic rings. The van der Waals surface area contributed by atoms with Crippen LogP contribution in [0.4, 0.5) is 0 Å². The van der Waals surface area contributed by atoms with Crippen LogP contribution in [-0.2, 0) is 4.74 Å². The van der Waals surface area contributed by atoms with Gasteiger partial charge in [-0.3, -0.25) is 4.79 Å². The quantitative estimate of drug-likeness (QED) is 0.413. The minimum absolute atomic E-state index is 0.274. The first-order valence-electron chi connectivity index (χ1n) is 10.1. The number of ether oxygens (including phenoxy) is 4. The monoisotopic (exact) mass is 460 g/mol. The van der Waals surface area contributed by atoms with Crippen molar-refractivity contribution in [3.63, 3.8) is 0 Å². The van der Waals surface area contributed by atoms with Crippen LogP contribution in [0.1, 0.15) is 0 Å². The maximum Gasteiger partial charge on any atom is 0.229 e. The molecular formula is C23H24O10. The zero-order valence-corrected chi connectivity index (χ0v) is 17.9. The summed E-state index contributed by atoms with van der Waals surface area (Å²) >= 11 is 0. The molecule has 0 spiro atoms. The van der Waals surface area contributed by atoms with Crippen LogP contribution in [0.5, 0.6) is 17.2 Å². The lowest BCUT2D eigenvalue weighted by molar-refractivity contribution is -0.277. The van der Waals surface area contributed by atoms with Crippen molar-refractivity contribution in [3.8, 4) is 28.4 Å². The fourth-order valence-corrected chi connectivity index (χ4v) is 3.68. The molecule has 4 N–H and O–H groups in total. The van der Waals surface area contributed by atoms with Crippen molar-refractivity contribution in [2.24, 2.45) is 0 Å². The molecule has 0 amide bonds. The summed E-state index contributed by atoms with van der Waals surface area (Å²) in [6, 6.07) is 9.53. The number of fused-ring (bicyclic) bond motifs is 1. The molecule has 5 atom stereocenters. The van der Waals surface area contributed by atoms with Gasteiger partial charge in [0.05, 0.1) is 26.4 Å². The first-order chi connectivity index (χ1) is 15.9. The lowest BCUT2D eigenvalue weighted by Gasteiger charge is -2.39. The molecule has 0 unspecified atom stereocenters.